The summed E-state index contributed by atoms with van der Waals surface area (Å²) in [5, 5.41) is 13.1. The first kappa shape index (κ1) is 15.7. The molecule has 0 radical (unpaired) electrons. The van der Waals surface area contributed by atoms with Crippen molar-refractivity contribution in [3.8, 4) is 0 Å². The number of hydrogen-bond donors (Lipinski definition) is 3. The van der Waals surface area contributed by atoms with E-state index in [1.165, 1.54) is 5.56 Å². The molecule has 2 rings (SSSR count). The fourth-order valence-corrected chi connectivity index (χ4v) is 2.32. The monoisotopic (exact) mass is 350 g/mol. The van der Waals surface area contributed by atoms with Crippen LogP contribution in [0.5, 0.6) is 0 Å². The maximum Gasteiger partial charge on any atom is 0.251 e. The van der Waals surface area contributed by atoms with Gasteiger partial charge in [0.15, 0.2) is 0 Å². The molecule has 21 heavy (non-hydrogen) atoms. The maximum absolute atomic E-state index is 11.9. The lowest BCUT2D eigenvalue weighted by atomic mass is 10.2. The second-order valence-electron chi connectivity index (χ2n) is 4.82. The van der Waals surface area contributed by atoms with Crippen LogP contribution < -0.4 is 10.6 Å². The Morgan fingerprint density at radius 3 is 2.95 bits per heavy atom. The molecular weight excluding hydrogens is 332 g/mol. The molecule has 0 saturated heterocycles. The molecule has 1 heterocycles. The first-order valence-corrected chi connectivity index (χ1v) is 7.69. The average Bonchev–Trinajstić information content (AvgIpc) is 2.88. The fraction of sp³-hybridized carbons (Fsp3) is 0.333. The molecule has 0 aliphatic rings. The summed E-state index contributed by atoms with van der Waals surface area (Å²) in [5.41, 5.74) is 2.94. The number of benzene rings is 1. The van der Waals surface area contributed by atoms with E-state index in [1.54, 1.807) is 6.07 Å². The molecule has 0 aliphatic carbocycles. The standard InChI is InChI=1S/C15H19BrN4O/c1-11-13(10-19-20-11)9-17-6-3-7-18-15(21)12-4-2-5-14(16)8-12/h2,4-5,8,10,17H,3,6-7,9H2,1H3,(H,18,21)(H,19,20). The first-order chi connectivity index (χ1) is 10.2. The van der Waals surface area contributed by atoms with Crippen molar-refractivity contribution in [1.29, 1.82) is 0 Å². The van der Waals surface area contributed by atoms with E-state index < -0.39 is 0 Å². The molecular formula is C15H19BrN4O. The van der Waals surface area contributed by atoms with Crippen LogP contribution in [0.15, 0.2) is 34.9 Å². The summed E-state index contributed by atoms with van der Waals surface area (Å²) in [4.78, 5) is 11.9. The predicted molar refractivity (Wildman–Crippen MR) is 86.1 cm³/mol. The number of aromatic amines is 1. The molecule has 0 bridgehead atoms. The lowest BCUT2D eigenvalue weighted by Gasteiger charge is -2.07. The number of aryl methyl sites for hydroxylation is 1. The highest BCUT2D eigenvalue weighted by Crippen LogP contribution is 2.11. The smallest absolute Gasteiger partial charge is 0.251 e. The van der Waals surface area contributed by atoms with Crippen LogP contribution in [0.4, 0.5) is 0 Å². The molecule has 0 aliphatic heterocycles. The van der Waals surface area contributed by atoms with Crippen LogP contribution in [0.2, 0.25) is 0 Å². The van der Waals surface area contributed by atoms with Crippen LogP contribution in [-0.4, -0.2) is 29.2 Å². The predicted octanol–water partition coefficient (Wildman–Crippen LogP) is 2.39. The molecule has 0 spiro atoms. The van der Waals surface area contributed by atoms with E-state index in [1.807, 2.05) is 31.3 Å². The third kappa shape index (κ3) is 4.99. The number of hydrogen-bond acceptors (Lipinski definition) is 3. The number of carbonyl (C=O) groups is 1. The topological polar surface area (TPSA) is 69.8 Å². The zero-order valence-corrected chi connectivity index (χ0v) is 13.5. The van der Waals surface area contributed by atoms with Crippen molar-refractivity contribution in [3.05, 3.63) is 51.8 Å². The Bertz CT molecular complexity index is 597. The molecule has 1 aromatic heterocycles. The molecule has 6 heteroatoms. The summed E-state index contributed by atoms with van der Waals surface area (Å²) in [5.74, 6) is -0.0398. The number of amides is 1. The average molecular weight is 351 g/mol. The van der Waals surface area contributed by atoms with Gasteiger partial charge >= 0.3 is 0 Å². The number of nitrogens with one attached hydrogen (secondary N) is 3. The van der Waals surface area contributed by atoms with E-state index in [0.29, 0.717) is 12.1 Å². The van der Waals surface area contributed by atoms with E-state index in [-0.39, 0.29) is 5.91 Å². The third-order valence-corrected chi connectivity index (χ3v) is 3.65. The van der Waals surface area contributed by atoms with Crippen molar-refractivity contribution in [2.24, 2.45) is 0 Å². The molecule has 0 saturated carbocycles. The lowest BCUT2D eigenvalue weighted by Crippen LogP contribution is -2.27. The van der Waals surface area contributed by atoms with Crippen molar-refractivity contribution in [1.82, 2.24) is 20.8 Å². The number of halogens is 1. The van der Waals surface area contributed by atoms with Crippen LogP contribution >= 0.6 is 15.9 Å². The number of aromatic nitrogens is 2. The van der Waals surface area contributed by atoms with Crippen molar-refractivity contribution < 1.29 is 4.79 Å². The Kier molecular flexibility index (Phi) is 5.95. The summed E-state index contributed by atoms with van der Waals surface area (Å²) in [7, 11) is 0. The normalized spacial score (nSPS) is 10.6. The van der Waals surface area contributed by atoms with E-state index in [2.05, 4.69) is 36.8 Å². The van der Waals surface area contributed by atoms with Gasteiger partial charge in [-0.15, -0.1) is 0 Å². The van der Waals surface area contributed by atoms with Gasteiger partial charge in [0.2, 0.25) is 0 Å². The maximum atomic E-state index is 11.9. The van der Waals surface area contributed by atoms with Gasteiger partial charge < -0.3 is 10.6 Å². The van der Waals surface area contributed by atoms with Crippen LogP contribution in [-0.2, 0) is 6.54 Å². The van der Waals surface area contributed by atoms with Gasteiger partial charge in [-0.25, -0.2) is 0 Å². The summed E-state index contributed by atoms with van der Waals surface area (Å²) in [6.07, 6.45) is 2.72. The Morgan fingerprint density at radius 1 is 1.38 bits per heavy atom. The summed E-state index contributed by atoms with van der Waals surface area (Å²) in [6, 6.07) is 7.38. The Hall–Kier alpha value is -1.66. The quantitative estimate of drug-likeness (QED) is 0.671. The Balaban J connectivity index is 1.61. The van der Waals surface area contributed by atoms with Gasteiger partial charge in [-0.2, -0.15) is 5.10 Å². The lowest BCUT2D eigenvalue weighted by molar-refractivity contribution is 0.0953. The largest absolute Gasteiger partial charge is 0.352 e. The van der Waals surface area contributed by atoms with Gasteiger partial charge in [-0.05, 0) is 38.1 Å². The number of carbonyl (C=O) groups excluding carboxylic acids is 1. The first-order valence-electron chi connectivity index (χ1n) is 6.90. The summed E-state index contributed by atoms with van der Waals surface area (Å²) >= 11 is 3.36. The van der Waals surface area contributed by atoms with Gasteiger partial charge in [0, 0.05) is 34.4 Å². The SMILES string of the molecule is Cc1[nH]ncc1CNCCCNC(=O)c1cccc(Br)c1. The van der Waals surface area contributed by atoms with Gasteiger partial charge in [0.05, 0.1) is 6.20 Å². The number of H-pyrrole nitrogens is 1. The van der Waals surface area contributed by atoms with Gasteiger partial charge in [-0.3, -0.25) is 9.89 Å². The second-order valence-corrected chi connectivity index (χ2v) is 5.73. The zero-order chi connectivity index (χ0) is 15.1. The summed E-state index contributed by atoms with van der Waals surface area (Å²) in [6.45, 7) is 4.30. The van der Waals surface area contributed by atoms with Crippen molar-refractivity contribution in [3.63, 3.8) is 0 Å². The van der Waals surface area contributed by atoms with E-state index in [9.17, 15) is 4.79 Å². The van der Waals surface area contributed by atoms with Crippen LogP contribution in [0.1, 0.15) is 28.0 Å². The van der Waals surface area contributed by atoms with E-state index in [4.69, 9.17) is 0 Å². The van der Waals surface area contributed by atoms with Crippen molar-refractivity contribution in [2.45, 2.75) is 19.9 Å². The van der Waals surface area contributed by atoms with Crippen molar-refractivity contribution >= 4 is 21.8 Å². The van der Waals surface area contributed by atoms with Crippen LogP contribution in [0, 0.1) is 6.92 Å². The Labute approximate surface area is 132 Å². The fourth-order valence-electron chi connectivity index (χ4n) is 1.92. The molecule has 0 atom stereocenters. The van der Waals surface area contributed by atoms with Crippen LogP contribution in [0.3, 0.4) is 0 Å². The molecule has 112 valence electrons. The summed E-state index contributed by atoms with van der Waals surface area (Å²) < 4.78 is 0.910. The highest BCUT2D eigenvalue weighted by atomic mass is 79.9. The minimum atomic E-state index is -0.0398. The second kappa shape index (κ2) is 7.95. The van der Waals surface area contributed by atoms with E-state index >= 15 is 0 Å². The minimum absolute atomic E-state index is 0.0398. The molecule has 5 nitrogen and oxygen atoms in total. The van der Waals surface area contributed by atoms with Gasteiger partial charge in [0.1, 0.15) is 0 Å². The molecule has 2 aromatic rings. The third-order valence-electron chi connectivity index (χ3n) is 3.15. The molecule has 0 unspecified atom stereocenters. The van der Waals surface area contributed by atoms with Gasteiger partial charge in [0.25, 0.3) is 5.91 Å². The van der Waals surface area contributed by atoms with E-state index in [0.717, 1.165) is 29.7 Å². The number of rotatable bonds is 7. The Morgan fingerprint density at radius 2 is 2.24 bits per heavy atom. The molecule has 0 fully saturated rings. The molecule has 1 aromatic carbocycles. The van der Waals surface area contributed by atoms with Crippen molar-refractivity contribution in [2.75, 3.05) is 13.1 Å². The highest BCUT2D eigenvalue weighted by Gasteiger charge is 2.04. The zero-order valence-electron chi connectivity index (χ0n) is 11.9. The van der Waals surface area contributed by atoms with Gasteiger partial charge in [-0.1, -0.05) is 22.0 Å². The number of nitrogens with zero attached hydrogens (tertiary/aromatic N) is 1. The molecule has 1 amide bonds. The minimum Gasteiger partial charge on any atom is -0.352 e. The van der Waals surface area contributed by atoms with Crippen LogP contribution in [0.25, 0.3) is 0 Å². The molecule has 3 N–H and O–H groups in total. The highest BCUT2D eigenvalue weighted by molar-refractivity contribution is 9.10.